The quantitative estimate of drug-likeness (QED) is 0.917. The number of nitrogens with two attached hydrogens (primary N) is 1. The standard InChI is InChI=1S/C13H18ClFN2O/c14-11-6-10(7-12(15)8-11)13(9-16)17-2-1-4-18-5-3-17/h6-8,13H,1-5,9,16H2. The highest BCUT2D eigenvalue weighted by Gasteiger charge is 2.21. The van der Waals surface area contributed by atoms with Gasteiger partial charge in [-0.25, -0.2) is 4.39 Å². The number of halogens is 2. The average Bonchev–Trinajstić information content (AvgIpc) is 2.58. The Bertz CT molecular complexity index is 374. The number of rotatable bonds is 3. The van der Waals surface area contributed by atoms with Gasteiger partial charge in [0.25, 0.3) is 0 Å². The molecule has 18 heavy (non-hydrogen) atoms. The molecule has 2 rings (SSSR count). The first-order chi connectivity index (χ1) is 8.70. The SMILES string of the molecule is NCC(c1cc(F)cc(Cl)c1)N1CCCOCC1. The van der Waals surface area contributed by atoms with E-state index < -0.39 is 0 Å². The van der Waals surface area contributed by atoms with E-state index in [-0.39, 0.29) is 11.9 Å². The minimum atomic E-state index is -0.318. The molecule has 0 spiro atoms. The van der Waals surface area contributed by atoms with E-state index in [0.29, 0.717) is 18.2 Å². The molecule has 3 nitrogen and oxygen atoms in total. The molecule has 0 bridgehead atoms. The molecule has 0 aromatic heterocycles. The molecule has 0 radical (unpaired) electrons. The van der Waals surface area contributed by atoms with Crippen LogP contribution in [0.1, 0.15) is 18.0 Å². The molecule has 1 atom stereocenters. The third-order valence-corrected chi connectivity index (χ3v) is 3.41. The molecular weight excluding hydrogens is 255 g/mol. The third-order valence-electron chi connectivity index (χ3n) is 3.19. The summed E-state index contributed by atoms with van der Waals surface area (Å²) in [6.45, 7) is 3.64. The molecule has 100 valence electrons. The van der Waals surface area contributed by atoms with Crippen LogP contribution in [0.3, 0.4) is 0 Å². The molecule has 1 aromatic rings. The zero-order valence-corrected chi connectivity index (χ0v) is 11.0. The van der Waals surface area contributed by atoms with Gasteiger partial charge in [-0.1, -0.05) is 11.6 Å². The number of hydrogen-bond donors (Lipinski definition) is 1. The summed E-state index contributed by atoms with van der Waals surface area (Å²) in [5, 5.41) is 0.412. The van der Waals surface area contributed by atoms with Crippen molar-refractivity contribution in [2.75, 3.05) is 32.8 Å². The Hall–Kier alpha value is -0.680. The van der Waals surface area contributed by atoms with Crippen molar-refractivity contribution >= 4 is 11.6 Å². The molecule has 0 aliphatic carbocycles. The summed E-state index contributed by atoms with van der Waals surface area (Å²) in [5.41, 5.74) is 6.68. The zero-order chi connectivity index (χ0) is 13.0. The molecule has 1 saturated heterocycles. The van der Waals surface area contributed by atoms with Crippen molar-refractivity contribution in [2.45, 2.75) is 12.5 Å². The predicted molar refractivity (Wildman–Crippen MR) is 70.2 cm³/mol. The van der Waals surface area contributed by atoms with Crippen LogP contribution in [0.25, 0.3) is 0 Å². The Labute approximate surface area is 112 Å². The summed E-state index contributed by atoms with van der Waals surface area (Å²) in [6, 6.07) is 4.60. The Morgan fingerprint density at radius 1 is 1.33 bits per heavy atom. The van der Waals surface area contributed by atoms with Crippen LogP contribution in [-0.4, -0.2) is 37.7 Å². The third kappa shape index (κ3) is 3.42. The molecule has 1 aliphatic heterocycles. The summed E-state index contributed by atoms with van der Waals surface area (Å²) in [4.78, 5) is 2.23. The Balaban J connectivity index is 2.20. The second-order valence-corrected chi connectivity index (χ2v) is 4.89. The fourth-order valence-electron chi connectivity index (χ4n) is 2.34. The van der Waals surface area contributed by atoms with Crippen LogP contribution >= 0.6 is 11.6 Å². The topological polar surface area (TPSA) is 38.5 Å². The van der Waals surface area contributed by atoms with Crippen molar-refractivity contribution in [3.05, 3.63) is 34.6 Å². The monoisotopic (exact) mass is 272 g/mol. The van der Waals surface area contributed by atoms with Gasteiger partial charge >= 0.3 is 0 Å². The van der Waals surface area contributed by atoms with Crippen molar-refractivity contribution in [3.8, 4) is 0 Å². The van der Waals surface area contributed by atoms with Gasteiger partial charge in [-0.05, 0) is 30.2 Å². The Kier molecular flexibility index (Phi) is 4.95. The van der Waals surface area contributed by atoms with Crippen molar-refractivity contribution in [2.24, 2.45) is 5.73 Å². The summed E-state index contributed by atoms with van der Waals surface area (Å²) < 4.78 is 18.8. The largest absolute Gasteiger partial charge is 0.380 e. The van der Waals surface area contributed by atoms with Crippen molar-refractivity contribution in [3.63, 3.8) is 0 Å². The van der Waals surface area contributed by atoms with Gasteiger partial charge in [-0.15, -0.1) is 0 Å². The zero-order valence-electron chi connectivity index (χ0n) is 10.2. The number of ether oxygens (including phenoxy) is 1. The first kappa shape index (κ1) is 13.7. The average molecular weight is 273 g/mol. The lowest BCUT2D eigenvalue weighted by Gasteiger charge is -2.29. The fraction of sp³-hybridized carbons (Fsp3) is 0.538. The van der Waals surface area contributed by atoms with Crippen LogP contribution in [0.5, 0.6) is 0 Å². The predicted octanol–water partition coefficient (Wildman–Crippen LogP) is 2.20. The Morgan fingerprint density at radius 3 is 2.89 bits per heavy atom. The van der Waals surface area contributed by atoms with Gasteiger partial charge in [0.2, 0.25) is 0 Å². The van der Waals surface area contributed by atoms with Crippen LogP contribution in [0.15, 0.2) is 18.2 Å². The second kappa shape index (κ2) is 6.48. The van der Waals surface area contributed by atoms with Gasteiger partial charge in [0.15, 0.2) is 0 Å². The number of hydrogen-bond acceptors (Lipinski definition) is 3. The van der Waals surface area contributed by atoms with E-state index in [9.17, 15) is 4.39 Å². The van der Waals surface area contributed by atoms with Crippen LogP contribution < -0.4 is 5.73 Å². The highest BCUT2D eigenvalue weighted by Crippen LogP contribution is 2.24. The van der Waals surface area contributed by atoms with Gasteiger partial charge < -0.3 is 10.5 Å². The first-order valence-corrected chi connectivity index (χ1v) is 6.56. The molecule has 0 amide bonds. The minimum Gasteiger partial charge on any atom is -0.380 e. The summed E-state index contributed by atoms with van der Waals surface area (Å²) in [5.74, 6) is -0.318. The van der Waals surface area contributed by atoms with Gasteiger partial charge in [0, 0.05) is 37.3 Å². The highest BCUT2D eigenvalue weighted by molar-refractivity contribution is 6.30. The molecule has 5 heteroatoms. The summed E-state index contributed by atoms with van der Waals surface area (Å²) >= 11 is 5.90. The summed E-state index contributed by atoms with van der Waals surface area (Å²) in [7, 11) is 0. The van der Waals surface area contributed by atoms with Gasteiger partial charge in [-0.2, -0.15) is 0 Å². The van der Waals surface area contributed by atoms with E-state index in [1.54, 1.807) is 6.07 Å². The number of benzene rings is 1. The smallest absolute Gasteiger partial charge is 0.125 e. The molecular formula is C13H18ClFN2O. The molecule has 1 fully saturated rings. The second-order valence-electron chi connectivity index (χ2n) is 4.46. The molecule has 2 N–H and O–H groups in total. The lowest BCUT2D eigenvalue weighted by Crippen LogP contribution is -2.35. The van der Waals surface area contributed by atoms with Gasteiger partial charge in [0.05, 0.1) is 6.61 Å². The minimum absolute atomic E-state index is 0.0000926. The number of nitrogens with zero attached hydrogens (tertiary/aromatic N) is 1. The van der Waals surface area contributed by atoms with Crippen LogP contribution in [0, 0.1) is 5.82 Å². The molecule has 0 saturated carbocycles. The van der Waals surface area contributed by atoms with Crippen LogP contribution in [0.2, 0.25) is 5.02 Å². The van der Waals surface area contributed by atoms with Gasteiger partial charge in [-0.3, -0.25) is 4.90 Å². The van der Waals surface area contributed by atoms with E-state index in [4.69, 9.17) is 22.1 Å². The maximum absolute atomic E-state index is 13.4. The molecule has 1 aromatic carbocycles. The molecule has 1 heterocycles. The fourth-order valence-corrected chi connectivity index (χ4v) is 2.57. The maximum atomic E-state index is 13.4. The highest BCUT2D eigenvalue weighted by atomic mass is 35.5. The molecule has 1 unspecified atom stereocenters. The van der Waals surface area contributed by atoms with Crippen LogP contribution in [-0.2, 0) is 4.74 Å². The van der Waals surface area contributed by atoms with Crippen LogP contribution in [0.4, 0.5) is 4.39 Å². The van der Waals surface area contributed by atoms with Crippen molar-refractivity contribution < 1.29 is 9.13 Å². The van der Waals surface area contributed by atoms with Crippen molar-refractivity contribution in [1.29, 1.82) is 0 Å². The lowest BCUT2D eigenvalue weighted by atomic mass is 10.0. The van der Waals surface area contributed by atoms with Crippen molar-refractivity contribution in [1.82, 2.24) is 4.90 Å². The first-order valence-electron chi connectivity index (χ1n) is 6.18. The van der Waals surface area contributed by atoms with E-state index in [1.807, 2.05) is 0 Å². The maximum Gasteiger partial charge on any atom is 0.125 e. The van der Waals surface area contributed by atoms with E-state index in [2.05, 4.69) is 4.90 Å². The normalized spacial score (nSPS) is 19.5. The van der Waals surface area contributed by atoms with E-state index in [1.165, 1.54) is 12.1 Å². The van der Waals surface area contributed by atoms with E-state index >= 15 is 0 Å². The molecule has 1 aliphatic rings. The lowest BCUT2D eigenvalue weighted by molar-refractivity contribution is 0.132. The summed E-state index contributed by atoms with van der Waals surface area (Å²) in [6.07, 6.45) is 0.972. The Morgan fingerprint density at radius 2 is 2.17 bits per heavy atom. The van der Waals surface area contributed by atoms with E-state index in [0.717, 1.165) is 31.7 Å². The van der Waals surface area contributed by atoms with Gasteiger partial charge in [0.1, 0.15) is 5.82 Å².